The average Bonchev–Trinajstić information content (AvgIpc) is 3.12. The molecule has 1 atom stereocenters. The molecule has 1 unspecified atom stereocenters. The molecule has 1 N–H and O–H groups in total. The van der Waals surface area contributed by atoms with E-state index in [1.165, 1.54) is 12.8 Å². The smallest absolute Gasteiger partial charge is 0.268 e. The highest BCUT2D eigenvalue weighted by atomic mass is 32.1. The molecule has 102 valence electrons. The maximum Gasteiger partial charge on any atom is 0.268 e. The molecule has 0 spiro atoms. The molecule has 2 aromatic rings. The lowest BCUT2D eigenvalue weighted by Gasteiger charge is -2.22. The van der Waals surface area contributed by atoms with Gasteiger partial charge in [0.15, 0.2) is 5.82 Å². The number of hydrogen-bond donors (Lipinski definition) is 1. The second kappa shape index (κ2) is 5.81. The van der Waals surface area contributed by atoms with Crippen LogP contribution in [0, 0.1) is 0 Å². The number of likely N-dealkylation sites (tertiary alicyclic amines) is 1. The van der Waals surface area contributed by atoms with Crippen molar-refractivity contribution >= 4 is 11.3 Å². The summed E-state index contributed by atoms with van der Waals surface area (Å²) in [7, 11) is 2.00. The van der Waals surface area contributed by atoms with E-state index in [1.807, 2.05) is 24.6 Å². The van der Waals surface area contributed by atoms with Crippen LogP contribution in [-0.4, -0.2) is 41.2 Å². The summed E-state index contributed by atoms with van der Waals surface area (Å²) < 4.78 is 5.32. The summed E-state index contributed by atoms with van der Waals surface area (Å²) in [4.78, 5) is 7.95. The van der Waals surface area contributed by atoms with Gasteiger partial charge in [0.25, 0.3) is 5.89 Å². The summed E-state index contributed by atoms with van der Waals surface area (Å²) in [6.07, 6.45) is 2.50. The third-order valence-corrected chi connectivity index (χ3v) is 4.34. The molecule has 0 radical (unpaired) electrons. The minimum Gasteiger partial charge on any atom is -0.333 e. The SMILES string of the molecule is CNCC1CCCN1Cc1noc(-c2cccs2)n1. The number of aromatic nitrogens is 2. The molecular weight excluding hydrogens is 260 g/mol. The molecule has 1 aliphatic heterocycles. The fourth-order valence-corrected chi connectivity index (χ4v) is 3.21. The van der Waals surface area contributed by atoms with Gasteiger partial charge in [-0.15, -0.1) is 11.3 Å². The van der Waals surface area contributed by atoms with Crippen molar-refractivity contribution in [2.45, 2.75) is 25.4 Å². The zero-order valence-corrected chi connectivity index (χ0v) is 11.8. The molecule has 0 saturated carbocycles. The van der Waals surface area contributed by atoms with Crippen molar-refractivity contribution in [1.82, 2.24) is 20.4 Å². The summed E-state index contributed by atoms with van der Waals surface area (Å²) >= 11 is 1.62. The molecule has 0 aliphatic carbocycles. The van der Waals surface area contributed by atoms with Crippen molar-refractivity contribution in [3.8, 4) is 10.8 Å². The summed E-state index contributed by atoms with van der Waals surface area (Å²) in [5.41, 5.74) is 0. The first-order valence-electron chi connectivity index (χ1n) is 6.62. The van der Waals surface area contributed by atoms with Gasteiger partial charge in [-0.05, 0) is 37.9 Å². The standard InChI is InChI=1S/C13H18N4OS/c1-14-8-10-4-2-6-17(10)9-12-15-13(18-16-12)11-5-3-7-19-11/h3,5,7,10,14H,2,4,6,8-9H2,1H3. The Morgan fingerprint density at radius 2 is 2.53 bits per heavy atom. The monoisotopic (exact) mass is 278 g/mol. The maximum atomic E-state index is 5.32. The number of hydrogen-bond acceptors (Lipinski definition) is 6. The number of nitrogens with zero attached hydrogens (tertiary/aromatic N) is 3. The maximum absolute atomic E-state index is 5.32. The fraction of sp³-hybridized carbons (Fsp3) is 0.538. The van der Waals surface area contributed by atoms with Crippen LogP contribution in [0.2, 0.25) is 0 Å². The quantitative estimate of drug-likeness (QED) is 0.906. The first-order chi connectivity index (χ1) is 9.36. The second-order valence-corrected chi connectivity index (χ2v) is 5.76. The summed E-state index contributed by atoms with van der Waals surface area (Å²) in [5.74, 6) is 1.42. The van der Waals surface area contributed by atoms with Crippen LogP contribution in [0.4, 0.5) is 0 Å². The summed E-state index contributed by atoms with van der Waals surface area (Å²) in [6.45, 7) is 2.92. The Morgan fingerprint density at radius 3 is 3.32 bits per heavy atom. The Morgan fingerprint density at radius 1 is 1.58 bits per heavy atom. The van der Waals surface area contributed by atoms with E-state index in [0.29, 0.717) is 11.9 Å². The van der Waals surface area contributed by atoms with E-state index < -0.39 is 0 Å². The molecule has 0 aromatic carbocycles. The predicted octanol–water partition coefficient (Wildman–Crippen LogP) is 1.98. The van der Waals surface area contributed by atoms with Crippen molar-refractivity contribution in [2.24, 2.45) is 0 Å². The van der Waals surface area contributed by atoms with Crippen molar-refractivity contribution < 1.29 is 4.52 Å². The Hall–Kier alpha value is -1.24. The molecule has 6 heteroatoms. The highest BCUT2D eigenvalue weighted by Gasteiger charge is 2.25. The molecule has 3 heterocycles. The molecule has 1 fully saturated rings. The Kier molecular flexibility index (Phi) is 3.91. The van der Waals surface area contributed by atoms with E-state index in [-0.39, 0.29) is 0 Å². The Balaban J connectivity index is 1.67. The first kappa shape index (κ1) is 12.8. The van der Waals surface area contributed by atoms with E-state index in [4.69, 9.17) is 4.52 Å². The zero-order chi connectivity index (χ0) is 13.1. The number of nitrogens with one attached hydrogen (secondary N) is 1. The van der Waals surface area contributed by atoms with E-state index in [0.717, 1.165) is 30.3 Å². The number of likely N-dealkylation sites (N-methyl/N-ethyl adjacent to an activating group) is 1. The van der Waals surface area contributed by atoms with Gasteiger partial charge < -0.3 is 9.84 Å². The van der Waals surface area contributed by atoms with Crippen molar-refractivity contribution in [1.29, 1.82) is 0 Å². The number of rotatable bonds is 5. The zero-order valence-electron chi connectivity index (χ0n) is 11.0. The average molecular weight is 278 g/mol. The summed E-state index contributed by atoms with van der Waals surface area (Å²) in [6, 6.07) is 4.59. The van der Waals surface area contributed by atoms with Gasteiger partial charge in [0.05, 0.1) is 11.4 Å². The molecule has 2 aromatic heterocycles. The fourth-order valence-electron chi connectivity index (χ4n) is 2.57. The van der Waals surface area contributed by atoms with Gasteiger partial charge in [-0.1, -0.05) is 11.2 Å². The molecule has 0 amide bonds. The lowest BCUT2D eigenvalue weighted by Crippen LogP contribution is -2.36. The first-order valence-corrected chi connectivity index (χ1v) is 7.50. The van der Waals surface area contributed by atoms with Crippen molar-refractivity contribution in [3.63, 3.8) is 0 Å². The van der Waals surface area contributed by atoms with Gasteiger partial charge in [0, 0.05) is 12.6 Å². The van der Waals surface area contributed by atoms with Crippen LogP contribution in [0.3, 0.4) is 0 Å². The molecule has 19 heavy (non-hydrogen) atoms. The highest BCUT2D eigenvalue weighted by Crippen LogP contribution is 2.24. The third kappa shape index (κ3) is 2.86. The molecule has 1 saturated heterocycles. The topological polar surface area (TPSA) is 54.2 Å². The minimum atomic E-state index is 0.591. The lowest BCUT2D eigenvalue weighted by atomic mass is 10.2. The van der Waals surface area contributed by atoms with Gasteiger partial charge >= 0.3 is 0 Å². The molecule has 1 aliphatic rings. The highest BCUT2D eigenvalue weighted by molar-refractivity contribution is 7.13. The molecule has 0 bridgehead atoms. The Labute approximate surface area is 116 Å². The van der Waals surface area contributed by atoms with Crippen LogP contribution in [0.15, 0.2) is 22.0 Å². The lowest BCUT2D eigenvalue weighted by molar-refractivity contribution is 0.233. The molecular formula is C13H18N4OS. The minimum absolute atomic E-state index is 0.591. The second-order valence-electron chi connectivity index (χ2n) is 4.82. The van der Waals surface area contributed by atoms with Crippen LogP contribution in [0.5, 0.6) is 0 Å². The summed E-state index contributed by atoms with van der Waals surface area (Å²) in [5, 5.41) is 9.35. The van der Waals surface area contributed by atoms with Crippen LogP contribution < -0.4 is 5.32 Å². The van der Waals surface area contributed by atoms with Gasteiger partial charge in [-0.25, -0.2) is 0 Å². The van der Waals surface area contributed by atoms with Gasteiger partial charge in [0.1, 0.15) is 0 Å². The normalized spacial score (nSPS) is 20.2. The van der Waals surface area contributed by atoms with Crippen molar-refractivity contribution in [3.05, 3.63) is 23.3 Å². The predicted molar refractivity (Wildman–Crippen MR) is 75.0 cm³/mol. The van der Waals surface area contributed by atoms with E-state index in [1.54, 1.807) is 11.3 Å². The van der Waals surface area contributed by atoms with E-state index in [9.17, 15) is 0 Å². The third-order valence-electron chi connectivity index (χ3n) is 3.48. The van der Waals surface area contributed by atoms with Crippen LogP contribution in [0.1, 0.15) is 18.7 Å². The molecule has 3 rings (SSSR count). The largest absolute Gasteiger partial charge is 0.333 e. The van der Waals surface area contributed by atoms with E-state index >= 15 is 0 Å². The van der Waals surface area contributed by atoms with Crippen LogP contribution in [0.25, 0.3) is 10.8 Å². The van der Waals surface area contributed by atoms with E-state index in [2.05, 4.69) is 20.4 Å². The number of thiophene rings is 1. The van der Waals surface area contributed by atoms with Crippen LogP contribution >= 0.6 is 11.3 Å². The van der Waals surface area contributed by atoms with Crippen LogP contribution in [-0.2, 0) is 6.54 Å². The van der Waals surface area contributed by atoms with Gasteiger partial charge in [0.2, 0.25) is 0 Å². The van der Waals surface area contributed by atoms with Gasteiger partial charge in [-0.2, -0.15) is 4.98 Å². The molecule has 5 nitrogen and oxygen atoms in total. The Bertz CT molecular complexity index is 510. The van der Waals surface area contributed by atoms with Gasteiger partial charge in [-0.3, -0.25) is 4.90 Å². The van der Waals surface area contributed by atoms with Crippen molar-refractivity contribution in [2.75, 3.05) is 20.1 Å².